The van der Waals surface area contributed by atoms with Crippen LogP contribution in [0.2, 0.25) is 0 Å². The Morgan fingerprint density at radius 1 is 1.15 bits per heavy atom. The number of rotatable bonds is 7. The van der Waals surface area contributed by atoms with Crippen molar-refractivity contribution in [2.24, 2.45) is 5.92 Å². The van der Waals surface area contributed by atoms with Gasteiger partial charge in [-0.05, 0) is 85.3 Å². The van der Waals surface area contributed by atoms with Gasteiger partial charge < -0.3 is 14.6 Å². The highest BCUT2D eigenvalue weighted by Crippen LogP contribution is 2.45. The molecule has 2 aliphatic rings. The second-order valence-electron chi connectivity index (χ2n) is 11.2. The zero-order valence-electron chi connectivity index (χ0n) is 23.5. The number of anilines is 1. The Bertz CT molecular complexity index is 1710. The van der Waals surface area contributed by atoms with Crippen LogP contribution >= 0.6 is 11.3 Å². The van der Waals surface area contributed by atoms with Crippen molar-refractivity contribution in [1.82, 2.24) is 4.98 Å². The molecule has 3 aromatic carbocycles. The van der Waals surface area contributed by atoms with Crippen LogP contribution < -0.4 is 14.4 Å². The number of ether oxygens (including phenoxy) is 2. The number of thiazole rings is 1. The normalized spacial score (nSPS) is 19.7. The highest BCUT2D eigenvalue weighted by atomic mass is 32.1. The molecule has 7 nitrogen and oxygen atoms in total. The van der Waals surface area contributed by atoms with Gasteiger partial charge in [-0.3, -0.25) is 14.5 Å². The number of fused-ring (bicyclic) bond motifs is 2. The van der Waals surface area contributed by atoms with Crippen molar-refractivity contribution in [3.8, 4) is 11.5 Å². The highest BCUT2D eigenvalue weighted by molar-refractivity contribution is 7.22. The minimum atomic E-state index is -0.881. The van der Waals surface area contributed by atoms with Crippen LogP contribution in [-0.2, 0) is 16.0 Å². The predicted octanol–water partition coefficient (Wildman–Crippen LogP) is 6.98. The summed E-state index contributed by atoms with van der Waals surface area (Å²) in [5.41, 5.74) is 3.92. The van der Waals surface area contributed by atoms with Crippen LogP contribution in [0.25, 0.3) is 16.0 Å². The van der Waals surface area contributed by atoms with Gasteiger partial charge in [0.15, 0.2) is 5.13 Å². The predicted molar refractivity (Wildman–Crippen MR) is 161 cm³/mol. The molecule has 0 saturated carbocycles. The Labute approximate surface area is 243 Å². The number of aromatic nitrogens is 1. The van der Waals surface area contributed by atoms with Crippen LogP contribution in [-0.4, -0.2) is 34.5 Å². The van der Waals surface area contributed by atoms with Crippen LogP contribution in [0.15, 0.2) is 66.2 Å². The molecule has 0 bridgehead atoms. The van der Waals surface area contributed by atoms with Gasteiger partial charge in [-0.15, -0.1) is 0 Å². The van der Waals surface area contributed by atoms with Crippen LogP contribution in [0.1, 0.15) is 55.5 Å². The van der Waals surface area contributed by atoms with E-state index in [4.69, 9.17) is 14.5 Å². The maximum atomic E-state index is 13.7. The molecule has 41 heavy (non-hydrogen) atoms. The number of ketones is 1. The van der Waals surface area contributed by atoms with Crippen molar-refractivity contribution >= 4 is 44.1 Å². The third-order valence-electron chi connectivity index (χ3n) is 7.49. The molecule has 0 spiro atoms. The van der Waals surface area contributed by atoms with Gasteiger partial charge >= 0.3 is 5.91 Å². The van der Waals surface area contributed by atoms with E-state index in [0.717, 1.165) is 33.5 Å². The van der Waals surface area contributed by atoms with E-state index in [1.165, 1.54) is 16.2 Å². The lowest BCUT2D eigenvalue weighted by molar-refractivity contribution is -0.132. The van der Waals surface area contributed by atoms with Crippen LogP contribution in [0.5, 0.6) is 11.5 Å². The average Bonchev–Trinajstić information content (AvgIpc) is 3.60. The van der Waals surface area contributed by atoms with E-state index in [2.05, 4.69) is 13.8 Å². The Balaban J connectivity index is 1.48. The summed E-state index contributed by atoms with van der Waals surface area (Å²) in [6.07, 6.45) is 1.64. The van der Waals surface area contributed by atoms with Crippen molar-refractivity contribution in [3.63, 3.8) is 0 Å². The summed E-state index contributed by atoms with van der Waals surface area (Å²) in [4.78, 5) is 33.5. The maximum Gasteiger partial charge on any atom is 0.301 e. The Hall–Kier alpha value is -4.17. The molecule has 0 radical (unpaired) electrons. The summed E-state index contributed by atoms with van der Waals surface area (Å²) >= 11 is 1.35. The van der Waals surface area contributed by atoms with Crippen LogP contribution in [0.4, 0.5) is 5.13 Å². The molecule has 1 N–H and O–H groups in total. The molecule has 1 fully saturated rings. The van der Waals surface area contributed by atoms with Gasteiger partial charge in [0, 0.05) is 12.0 Å². The lowest BCUT2D eigenvalue weighted by Crippen LogP contribution is -2.29. The number of nitrogens with zero attached hydrogens (tertiary/aromatic N) is 2. The number of hydrogen-bond acceptors (Lipinski definition) is 7. The molecule has 210 valence electrons. The quantitative estimate of drug-likeness (QED) is 0.147. The smallest absolute Gasteiger partial charge is 0.301 e. The van der Waals surface area contributed by atoms with Crippen molar-refractivity contribution in [2.75, 3.05) is 11.5 Å². The monoisotopic (exact) mass is 568 g/mol. The first-order valence-corrected chi connectivity index (χ1v) is 14.7. The van der Waals surface area contributed by atoms with Gasteiger partial charge in [0.05, 0.1) is 28.4 Å². The fourth-order valence-corrected chi connectivity index (χ4v) is 6.47. The molecule has 2 atom stereocenters. The molecule has 6 rings (SSSR count). The fourth-order valence-electron chi connectivity index (χ4n) is 5.38. The molecule has 1 saturated heterocycles. The van der Waals surface area contributed by atoms with E-state index < -0.39 is 17.7 Å². The number of amides is 1. The zero-order chi connectivity index (χ0) is 28.8. The molecule has 4 aromatic rings. The van der Waals surface area contributed by atoms with Gasteiger partial charge in [0.2, 0.25) is 0 Å². The Morgan fingerprint density at radius 2 is 1.98 bits per heavy atom. The molecule has 0 aliphatic carbocycles. The van der Waals surface area contributed by atoms with Crippen LogP contribution in [0.3, 0.4) is 0 Å². The van der Waals surface area contributed by atoms with Gasteiger partial charge in [-0.25, -0.2) is 4.98 Å². The van der Waals surface area contributed by atoms with E-state index in [9.17, 15) is 14.7 Å². The highest BCUT2D eigenvalue weighted by Gasteiger charge is 2.48. The lowest BCUT2D eigenvalue weighted by atomic mass is 9.94. The Kier molecular flexibility index (Phi) is 7.03. The third-order valence-corrected chi connectivity index (χ3v) is 8.51. The van der Waals surface area contributed by atoms with Gasteiger partial charge in [0.1, 0.15) is 23.4 Å². The first kappa shape index (κ1) is 27.0. The SMILES string of the molecule is Cc1ccc2nc(N3C(=O)C(=O)/C(=C(/O)c4ccc5c(c4)C[C@@H](C)O5)[C@@H]3c3cccc(OCCC(C)C)c3)sc2c1. The average molecular weight is 569 g/mol. The summed E-state index contributed by atoms with van der Waals surface area (Å²) in [7, 11) is 0. The van der Waals surface area contributed by atoms with Crippen molar-refractivity contribution in [2.45, 2.75) is 52.7 Å². The van der Waals surface area contributed by atoms with Crippen LogP contribution in [0, 0.1) is 12.8 Å². The molecule has 1 amide bonds. The number of carbonyl (C=O) groups is 2. The van der Waals surface area contributed by atoms with E-state index in [1.807, 2.05) is 62.4 Å². The standard InChI is InChI=1S/C33H32N2O5S/c1-18(2)12-13-39-24-7-5-6-21(17-24)29-28(30(36)22-9-11-26-23(16-22)15-20(4)40-26)31(37)32(38)35(29)33-34-25-10-8-19(3)14-27(25)41-33/h5-11,14,16-18,20,29,36H,12-13,15H2,1-4H3/b30-28+/t20-,29+/m1/s1. The number of Topliss-reactive ketones (excluding diaryl/α,β-unsaturated/α-hetero) is 1. The Morgan fingerprint density at radius 3 is 2.78 bits per heavy atom. The molecule has 3 heterocycles. The second kappa shape index (κ2) is 10.7. The topological polar surface area (TPSA) is 89.0 Å². The molecular formula is C33H32N2O5S. The van der Waals surface area contributed by atoms with Crippen molar-refractivity contribution in [1.29, 1.82) is 0 Å². The number of aliphatic hydroxyl groups excluding tert-OH is 1. The minimum absolute atomic E-state index is 0.0247. The summed E-state index contributed by atoms with van der Waals surface area (Å²) in [6, 6.07) is 17.8. The maximum absolute atomic E-state index is 13.7. The van der Waals surface area contributed by atoms with E-state index in [0.29, 0.717) is 41.0 Å². The second-order valence-corrected chi connectivity index (χ2v) is 12.2. The van der Waals surface area contributed by atoms with Gasteiger partial charge in [-0.1, -0.05) is 43.4 Å². The van der Waals surface area contributed by atoms with E-state index in [-0.39, 0.29) is 17.4 Å². The number of aryl methyl sites for hydroxylation is 1. The minimum Gasteiger partial charge on any atom is -0.507 e. The third kappa shape index (κ3) is 5.08. The molecular weight excluding hydrogens is 536 g/mol. The van der Waals surface area contributed by atoms with Gasteiger partial charge in [-0.2, -0.15) is 0 Å². The summed E-state index contributed by atoms with van der Waals surface area (Å²) in [5.74, 6) is 0.199. The lowest BCUT2D eigenvalue weighted by Gasteiger charge is -2.23. The molecule has 8 heteroatoms. The number of carbonyl (C=O) groups excluding carboxylic acids is 2. The zero-order valence-corrected chi connectivity index (χ0v) is 24.3. The van der Waals surface area contributed by atoms with E-state index in [1.54, 1.807) is 12.1 Å². The number of hydrogen-bond donors (Lipinski definition) is 1. The molecule has 0 unspecified atom stereocenters. The van der Waals surface area contributed by atoms with E-state index >= 15 is 0 Å². The number of benzene rings is 3. The van der Waals surface area contributed by atoms with Crippen molar-refractivity contribution in [3.05, 3.63) is 88.5 Å². The summed E-state index contributed by atoms with van der Waals surface area (Å²) in [5, 5.41) is 12.0. The van der Waals surface area contributed by atoms with Crippen molar-refractivity contribution < 1.29 is 24.2 Å². The summed E-state index contributed by atoms with van der Waals surface area (Å²) < 4.78 is 12.8. The first-order valence-electron chi connectivity index (χ1n) is 13.9. The van der Waals surface area contributed by atoms with Gasteiger partial charge in [0.25, 0.3) is 5.78 Å². The molecule has 1 aromatic heterocycles. The fraction of sp³-hybridized carbons (Fsp3) is 0.303. The first-order chi connectivity index (χ1) is 19.7. The largest absolute Gasteiger partial charge is 0.507 e. The molecule has 2 aliphatic heterocycles. The summed E-state index contributed by atoms with van der Waals surface area (Å²) in [6.45, 7) is 8.81. The number of aliphatic hydroxyl groups is 1.